The van der Waals surface area contributed by atoms with Gasteiger partial charge in [-0.05, 0) is 46.3 Å². The lowest BCUT2D eigenvalue weighted by Gasteiger charge is -2.11. The third-order valence-electron chi connectivity index (χ3n) is 2.31. The van der Waals surface area contributed by atoms with E-state index in [9.17, 15) is 13.2 Å². The van der Waals surface area contributed by atoms with Gasteiger partial charge in [-0.15, -0.1) is 0 Å². The number of aromatic nitrogens is 1. The third-order valence-corrected chi connectivity index (χ3v) is 3.72. The quantitative estimate of drug-likeness (QED) is 0.649. The summed E-state index contributed by atoms with van der Waals surface area (Å²) in [6.07, 6.45) is -4.48. The monoisotopic (exact) mass is 384 g/mol. The molecule has 0 spiro atoms. The number of alkyl halides is 3. The van der Waals surface area contributed by atoms with Crippen molar-refractivity contribution in [3.05, 3.63) is 50.5 Å². The van der Waals surface area contributed by atoms with E-state index in [0.717, 1.165) is 12.1 Å². The molecule has 106 valence electrons. The van der Waals surface area contributed by atoms with Gasteiger partial charge in [0.05, 0.1) is 10.6 Å². The van der Waals surface area contributed by atoms with Gasteiger partial charge in [-0.25, -0.2) is 4.98 Å². The van der Waals surface area contributed by atoms with Gasteiger partial charge in [0.15, 0.2) is 0 Å². The van der Waals surface area contributed by atoms with E-state index in [4.69, 9.17) is 23.2 Å². The van der Waals surface area contributed by atoms with E-state index in [1.807, 2.05) is 0 Å². The molecule has 0 aliphatic carbocycles. The van der Waals surface area contributed by atoms with E-state index in [0.29, 0.717) is 15.2 Å². The van der Waals surface area contributed by atoms with Crippen LogP contribution in [0.2, 0.25) is 10.2 Å². The van der Waals surface area contributed by atoms with Crippen LogP contribution in [0, 0.1) is 0 Å². The Morgan fingerprint density at radius 1 is 1.10 bits per heavy atom. The maximum atomic E-state index is 12.7. The molecule has 8 heteroatoms. The van der Waals surface area contributed by atoms with Crippen LogP contribution in [0.4, 0.5) is 24.7 Å². The van der Waals surface area contributed by atoms with Gasteiger partial charge >= 0.3 is 6.18 Å². The lowest BCUT2D eigenvalue weighted by atomic mass is 10.2. The second kappa shape index (κ2) is 5.79. The van der Waals surface area contributed by atoms with Crippen LogP contribution in [0.3, 0.4) is 0 Å². The van der Waals surface area contributed by atoms with E-state index in [-0.39, 0.29) is 11.0 Å². The first-order chi connectivity index (χ1) is 9.25. The van der Waals surface area contributed by atoms with Gasteiger partial charge in [0, 0.05) is 10.2 Å². The molecule has 1 N–H and O–H groups in total. The number of hydrogen-bond donors (Lipinski definition) is 1. The molecule has 0 atom stereocenters. The Balaban J connectivity index is 2.33. The van der Waals surface area contributed by atoms with Crippen molar-refractivity contribution in [1.82, 2.24) is 4.98 Å². The smallest absolute Gasteiger partial charge is 0.340 e. The minimum absolute atomic E-state index is 0.000882. The third kappa shape index (κ3) is 3.77. The Bertz CT molecular complexity index is 647. The van der Waals surface area contributed by atoms with Gasteiger partial charge in [0.25, 0.3) is 0 Å². The summed E-state index contributed by atoms with van der Waals surface area (Å²) in [4.78, 5) is 3.80. The number of benzene rings is 1. The second-order valence-electron chi connectivity index (χ2n) is 3.82. The van der Waals surface area contributed by atoms with Crippen molar-refractivity contribution in [2.45, 2.75) is 6.18 Å². The Labute approximate surface area is 131 Å². The van der Waals surface area contributed by atoms with Gasteiger partial charge in [0.1, 0.15) is 11.0 Å². The van der Waals surface area contributed by atoms with Crippen molar-refractivity contribution in [1.29, 1.82) is 0 Å². The summed E-state index contributed by atoms with van der Waals surface area (Å²) in [5.74, 6) is -0.000882. The molecule has 0 saturated carbocycles. The highest BCUT2D eigenvalue weighted by molar-refractivity contribution is 9.10. The summed E-state index contributed by atoms with van der Waals surface area (Å²) in [7, 11) is 0. The zero-order valence-electron chi connectivity index (χ0n) is 9.60. The lowest BCUT2D eigenvalue weighted by Crippen LogP contribution is -2.06. The average molecular weight is 386 g/mol. The van der Waals surface area contributed by atoms with E-state index >= 15 is 0 Å². The average Bonchev–Trinajstić information content (AvgIpc) is 2.32. The van der Waals surface area contributed by atoms with Gasteiger partial charge in [-0.1, -0.05) is 23.2 Å². The molecule has 20 heavy (non-hydrogen) atoms. The zero-order chi connectivity index (χ0) is 14.9. The molecule has 0 saturated heterocycles. The normalized spacial score (nSPS) is 11.5. The molecule has 0 fully saturated rings. The van der Waals surface area contributed by atoms with Crippen LogP contribution in [0.15, 0.2) is 34.8 Å². The fourth-order valence-corrected chi connectivity index (χ4v) is 2.15. The first-order valence-electron chi connectivity index (χ1n) is 5.22. The van der Waals surface area contributed by atoms with Gasteiger partial charge in [0.2, 0.25) is 0 Å². The number of nitrogens with zero attached hydrogens (tertiary/aromatic N) is 1. The van der Waals surface area contributed by atoms with Crippen LogP contribution in [0.1, 0.15) is 5.56 Å². The number of halogens is 6. The van der Waals surface area contributed by atoms with Crippen LogP contribution < -0.4 is 5.32 Å². The van der Waals surface area contributed by atoms with Gasteiger partial charge in [-0.2, -0.15) is 13.2 Å². The molecule has 1 heterocycles. The molecule has 0 aliphatic rings. The Hall–Kier alpha value is -0.980. The van der Waals surface area contributed by atoms with Crippen molar-refractivity contribution in [2.24, 2.45) is 0 Å². The molecule has 2 nitrogen and oxygen atoms in total. The zero-order valence-corrected chi connectivity index (χ0v) is 12.7. The van der Waals surface area contributed by atoms with Crippen LogP contribution in [-0.4, -0.2) is 4.98 Å². The minimum Gasteiger partial charge on any atom is -0.340 e. The molecule has 0 radical (unpaired) electrons. The molecule has 0 unspecified atom stereocenters. The largest absolute Gasteiger partial charge is 0.416 e. The maximum absolute atomic E-state index is 12.7. The summed E-state index contributed by atoms with van der Waals surface area (Å²) in [6, 6.07) is 6.49. The van der Waals surface area contributed by atoms with Gasteiger partial charge < -0.3 is 5.32 Å². The van der Waals surface area contributed by atoms with E-state index in [1.54, 1.807) is 18.2 Å². The van der Waals surface area contributed by atoms with Crippen LogP contribution in [0.25, 0.3) is 0 Å². The molecular formula is C12H6BrCl2F3N2. The highest BCUT2D eigenvalue weighted by Crippen LogP contribution is 2.33. The molecule has 2 aromatic rings. The van der Waals surface area contributed by atoms with Crippen LogP contribution >= 0.6 is 39.1 Å². The van der Waals surface area contributed by atoms with Crippen LogP contribution in [0.5, 0.6) is 0 Å². The van der Waals surface area contributed by atoms with Crippen LogP contribution in [-0.2, 0) is 6.18 Å². The predicted molar refractivity (Wildman–Crippen MR) is 76.7 cm³/mol. The second-order valence-corrected chi connectivity index (χ2v) is 5.46. The molecule has 1 aromatic carbocycles. The minimum atomic E-state index is -4.48. The molecule has 0 bridgehead atoms. The summed E-state index contributed by atoms with van der Waals surface area (Å²) >= 11 is 14.7. The fraction of sp³-hybridized carbons (Fsp3) is 0.0833. The Kier molecular flexibility index (Phi) is 4.46. The summed E-state index contributed by atoms with van der Waals surface area (Å²) in [5.41, 5.74) is -0.336. The van der Waals surface area contributed by atoms with E-state index in [1.165, 1.54) is 0 Å². The Morgan fingerprint density at radius 2 is 1.80 bits per heavy atom. The number of pyridine rings is 1. The fourth-order valence-electron chi connectivity index (χ4n) is 1.45. The SMILES string of the molecule is FC(F)(F)c1cc(Cl)nc(Nc2ccc(Cl)c(Br)c2)c1. The van der Waals surface area contributed by atoms with E-state index < -0.39 is 11.7 Å². The van der Waals surface area contributed by atoms with Crippen molar-refractivity contribution in [3.8, 4) is 0 Å². The number of hydrogen-bond acceptors (Lipinski definition) is 2. The van der Waals surface area contributed by atoms with Crippen molar-refractivity contribution >= 4 is 50.6 Å². The molecule has 1 aromatic heterocycles. The summed E-state index contributed by atoms with van der Waals surface area (Å²) in [6.45, 7) is 0. The standard InChI is InChI=1S/C12H6BrCl2F3N2/c13-8-5-7(1-2-9(8)14)19-11-4-6(12(16,17)18)3-10(15)20-11/h1-5H,(H,19,20). The van der Waals surface area contributed by atoms with Gasteiger partial charge in [-0.3, -0.25) is 0 Å². The first-order valence-corrected chi connectivity index (χ1v) is 6.77. The lowest BCUT2D eigenvalue weighted by molar-refractivity contribution is -0.137. The van der Waals surface area contributed by atoms with Crippen molar-refractivity contribution in [2.75, 3.05) is 5.32 Å². The first kappa shape index (κ1) is 15.4. The Morgan fingerprint density at radius 3 is 2.40 bits per heavy atom. The van der Waals surface area contributed by atoms with Crippen molar-refractivity contribution < 1.29 is 13.2 Å². The molecule has 2 rings (SSSR count). The highest BCUT2D eigenvalue weighted by Gasteiger charge is 2.31. The van der Waals surface area contributed by atoms with E-state index in [2.05, 4.69) is 26.2 Å². The summed E-state index contributed by atoms with van der Waals surface area (Å²) in [5, 5.41) is 2.99. The topological polar surface area (TPSA) is 24.9 Å². The molecule has 0 amide bonds. The predicted octanol–water partition coefficient (Wildman–Crippen LogP) is 5.91. The number of nitrogens with one attached hydrogen (secondary N) is 1. The summed E-state index contributed by atoms with van der Waals surface area (Å²) < 4.78 is 38.6. The molecule has 0 aliphatic heterocycles. The number of anilines is 2. The number of rotatable bonds is 2. The van der Waals surface area contributed by atoms with Crippen molar-refractivity contribution in [3.63, 3.8) is 0 Å². The maximum Gasteiger partial charge on any atom is 0.416 e. The highest BCUT2D eigenvalue weighted by atomic mass is 79.9. The molecular weight excluding hydrogens is 380 g/mol.